The van der Waals surface area contributed by atoms with Gasteiger partial charge in [-0.15, -0.1) is 0 Å². The molecule has 27 heavy (non-hydrogen) atoms. The zero-order valence-electron chi connectivity index (χ0n) is 15.7. The number of para-hydroxylation sites is 1. The number of nitrogens with zero attached hydrogens (tertiary/aromatic N) is 4. The standard InChI is InChI=1S/C21H19N5O/c1-11-6-5-7-15-17(11)25-18-14(10-22)20(23)26(21(18)24-15)19-12(2)8-9-16(27-4)13(19)3/h5-9H,23H2,1-4H3. The van der Waals surface area contributed by atoms with Crippen LogP contribution in [0.25, 0.3) is 27.9 Å². The van der Waals surface area contributed by atoms with Crippen LogP contribution in [0.2, 0.25) is 0 Å². The van der Waals surface area contributed by atoms with Gasteiger partial charge in [-0.25, -0.2) is 9.97 Å². The van der Waals surface area contributed by atoms with Gasteiger partial charge in [-0.2, -0.15) is 5.26 Å². The molecule has 0 aliphatic rings. The van der Waals surface area contributed by atoms with E-state index in [1.165, 1.54) is 0 Å². The SMILES string of the molecule is COc1ccc(C)c(-n2c(N)c(C#N)c3nc4c(C)cccc4nc32)c1C. The first kappa shape index (κ1) is 16.9. The average Bonchev–Trinajstić information content (AvgIpc) is 2.92. The Bertz CT molecular complexity index is 1260. The van der Waals surface area contributed by atoms with Crippen LogP contribution in [0.4, 0.5) is 5.82 Å². The summed E-state index contributed by atoms with van der Waals surface area (Å²) in [6, 6.07) is 11.9. The van der Waals surface area contributed by atoms with E-state index in [1.807, 2.05) is 55.7 Å². The summed E-state index contributed by atoms with van der Waals surface area (Å²) in [6.07, 6.45) is 0. The Kier molecular flexibility index (Phi) is 3.74. The molecule has 0 saturated carbocycles. The van der Waals surface area contributed by atoms with Crippen LogP contribution in [0.3, 0.4) is 0 Å². The fourth-order valence-corrected chi connectivity index (χ4v) is 3.60. The molecule has 2 heterocycles. The fourth-order valence-electron chi connectivity index (χ4n) is 3.60. The van der Waals surface area contributed by atoms with Crippen molar-refractivity contribution in [2.45, 2.75) is 20.8 Å². The summed E-state index contributed by atoms with van der Waals surface area (Å²) in [4.78, 5) is 9.55. The minimum absolute atomic E-state index is 0.333. The lowest BCUT2D eigenvalue weighted by molar-refractivity contribution is 0.411. The maximum atomic E-state index is 9.72. The lowest BCUT2D eigenvalue weighted by Crippen LogP contribution is -2.06. The zero-order valence-corrected chi connectivity index (χ0v) is 15.7. The Morgan fingerprint density at radius 2 is 1.81 bits per heavy atom. The number of nitrogen functional groups attached to an aromatic ring is 1. The van der Waals surface area contributed by atoms with Crippen molar-refractivity contribution in [1.29, 1.82) is 5.26 Å². The van der Waals surface area contributed by atoms with Crippen LogP contribution in [-0.4, -0.2) is 21.6 Å². The minimum atomic E-state index is 0.333. The van der Waals surface area contributed by atoms with Crippen LogP contribution >= 0.6 is 0 Å². The highest BCUT2D eigenvalue weighted by atomic mass is 16.5. The molecule has 2 aromatic heterocycles. The largest absolute Gasteiger partial charge is 0.496 e. The molecular formula is C21H19N5O. The monoisotopic (exact) mass is 357 g/mol. The number of fused-ring (bicyclic) bond motifs is 2. The van der Waals surface area contributed by atoms with Crippen molar-refractivity contribution in [2.75, 3.05) is 12.8 Å². The molecule has 0 unspecified atom stereocenters. The van der Waals surface area contributed by atoms with Crippen molar-refractivity contribution in [2.24, 2.45) is 0 Å². The third kappa shape index (κ3) is 2.32. The highest BCUT2D eigenvalue weighted by Gasteiger charge is 2.23. The van der Waals surface area contributed by atoms with Crippen LogP contribution in [0.15, 0.2) is 30.3 Å². The quantitative estimate of drug-likeness (QED) is 0.586. The Balaban J connectivity index is 2.20. The lowest BCUT2D eigenvalue weighted by atomic mass is 10.1. The normalized spacial score (nSPS) is 11.1. The maximum Gasteiger partial charge on any atom is 0.167 e. The van der Waals surface area contributed by atoms with Crippen molar-refractivity contribution < 1.29 is 4.74 Å². The second-order valence-electron chi connectivity index (χ2n) is 6.60. The van der Waals surface area contributed by atoms with Gasteiger partial charge < -0.3 is 10.5 Å². The number of aromatic nitrogens is 3. The van der Waals surface area contributed by atoms with E-state index in [1.54, 1.807) is 7.11 Å². The molecule has 0 aliphatic heterocycles. The first-order valence-electron chi connectivity index (χ1n) is 8.59. The molecule has 0 bridgehead atoms. The number of anilines is 1. The summed E-state index contributed by atoms with van der Waals surface area (Å²) < 4.78 is 7.29. The first-order valence-corrected chi connectivity index (χ1v) is 8.59. The molecular weight excluding hydrogens is 338 g/mol. The van der Waals surface area contributed by atoms with Gasteiger partial charge in [0.1, 0.15) is 28.7 Å². The maximum absolute atomic E-state index is 9.72. The second kappa shape index (κ2) is 5.99. The van der Waals surface area contributed by atoms with Crippen molar-refractivity contribution in [3.63, 3.8) is 0 Å². The topological polar surface area (TPSA) is 89.8 Å². The van der Waals surface area contributed by atoms with E-state index in [-0.39, 0.29) is 0 Å². The predicted octanol–water partition coefficient (Wildman–Crippen LogP) is 3.96. The number of hydrogen-bond donors (Lipinski definition) is 1. The summed E-state index contributed by atoms with van der Waals surface area (Å²) in [6.45, 7) is 5.94. The Labute approximate surface area is 156 Å². The molecule has 4 rings (SSSR count). The van der Waals surface area contributed by atoms with Gasteiger partial charge in [0.15, 0.2) is 5.65 Å². The predicted molar refractivity (Wildman–Crippen MR) is 106 cm³/mol. The molecule has 134 valence electrons. The smallest absolute Gasteiger partial charge is 0.167 e. The van der Waals surface area contributed by atoms with Gasteiger partial charge in [0.2, 0.25) is 0 Å². The van der Waals surface area contributed by atoms with Crippen LogP contribution in [0.5, 0.6) is 5.75 Å². The summed E-state index contributed by atoms with van der Waals surface area (Å²) in [5, 5.41) is 9.72. The van der Waals surface area contributed by atoms with Crippen LogP contribution in [0, 0.1) is 32.1 Å². The van der Waals surface area contributed by atoms with E-state index in [2.05, 4.69) is 6.07 Å². The molecule has 6 nitrogen and oxygen atoms in total. The van der Waals surface area contributed by atoms with E-state index >= 15 is 0 Å². The van der Waals surface area contributed by atoms with Gasteiger partial charge in [-0.1, -0.05) is 18.2 Å². The zero-order chi connectivity index (χ0) is 19.3. The third-order valence-electron chi connectivity index (χ3n) is 4.96. The van der Waals surface area contributed by atoms with Crippen LogP contribution in [0.1, 0.15) is 22.3 Å². The van der Waals surface area contributed by atoms with E-state index in [0.717, 1.165) is 39.2 Å². The summed E-state index contributed by atoms with van der Waals surface area (Å²) in [5.74, 6) is 1.08. The number of nitrogens with two attached hydrogens (primary N) is 1. The Hall–Kier alpha value is -3.59. The number of benzene rings is 2. The minimum Gasteiger partial charge on any atom is -0.496 e. The van der Waals surface area contributed by atoms with Crippen LogP contribution < -0.4 is 10.5 Å². The molecule has 0 amide bonds. The van der Waals surface area contributed by atoms with Gasteiger partial charge in [-0.3, -0.25) is 4.57 Å². The number of nitriles is 1. The van der Waals surface area contributed by atoms with E-state index in [0.29, 0.717) is 22.5 Å². The molecule has 0 saturated heterocycles. The molecule has 6 heteroatoms. The average molecular weight is 357 g/mol. The molecule has 0 fully saturated rings. The number of aryl methyl sites for hydroxylation is 2. The van der Waals surface area contributed by atoms with Gasteiger partial charge in [0, 0.05) is 5.56 Å². The van der Waals surface area contributed by atoms with E-state index in [9.17, 15) is 5.26 Å². The highest BCUT2D eigenvalue weighted by molar-refractivity contribution is 5.94. The molecule has 4 aromatic rings. The van der Waals surface area contributed by atoms with Crippen molar-refractivity contribution in [3.8, 4) is 17.5 Å². The number of ether oxygens (including phenoxy) is 1. The lowest BCUT2D eigenvalue weighted by Gasteiger charge is -2.16. The van der Waals surface area contributed by atoms with Gasteiger partial charge >= 0.3 is 0 Å². The van der Waals surface area contributed by atoms with Gasteiger partial charge in [0.25, 0.3) is 0 Å². The van der Waals surface area contributed by atoms with E-state index < -0.39 is 0 Å². The molecule has 0 spiro atoms. The first-order chi connectivity index (χ1) is 13.0. The number of methoxy groups -OCH3 is 1. The van der Waals surface area contributed by atoms with Gasteiger partial charge in [0.05, 0.1) is 23.8 Å². The summed E-state index contributed by atoms with van der Waals surface area (Å²) >= 11 is 0. The van der Waals surface area contributed by atoms with Crippen molar-refractivity contribution in [1.82, 2.24) is 14.5 Å². The summed E-state index contributed by atoms with van der Waals surface area (Å²) in [7, 11) is 1.63. The third-order valence-corrected chi connectivity index (χ3v) is 4.96. The molecule has 0 atom stereocenters. The summed E-state index contributed by atoms with van der Waals surface area (Å²) in [5.41, 5.74) is 13.2. The van der Waals surface area contributed by atoms with Crippen LogP contribution in [-0.2, 0) is 0 Å². The number of hydrogen-bond acceptors (Lipinski definition) is 5. The van der Waals surface area contributed by atoms with E-state index in [4.69, 9.17) is 20.4 Å². The van der Waals surface area contributed by atoms with Crippen molar-refractivity contribution >= 4 is 28.0 Å². The molecule has 2 N–H and O–H groups in total. The molecule has 2 aromatic carbocycles. The number of rotatable bonds is 2. The van der Waals surface area contributed by atoms with Crippen molar-refractivity contribution in [3.05, 3.63) is 52.6 Å². The van der Waals surface area contributed by atoms with Gasteiger partial charge in [-0.05, 0) is 44.0 Å². The molecule has 0 aliphatic carbocycles. The highest BCUT2D eigenvalue weighted by Crippen LogP contribution is 2.35. The fraction of sp³-hybridized carbons (Fsp3) is 0.190. The second-order valence-corrected chi connectivity index (χ2v) is 6.60. The molecule has 0 radical (unpaired) electrons. The Morgan fingerprint density at radius 1 is 1.04 bits per heavy atom. The Morgan fingerprint density at radius 3 is 2.52 bits per heavy atom.